The Bertz CT molecular complexity index is 868. The fourth-order valence-corrected chi connectivity index (χ4v) is 2.90. The van der Waals surface area contributed by atoms with E-state index in [9.17, 15) is 13.6 Å². The second-order valence-corrected chi connectivity index (χ2v) is 5.86. The molecule has 1 saturated heterocycles. The van der Waals surface area contributed by atoms with Crippen LogP contribution in [0.5, 0.6) is 0 Å². The van der Waals surface area contributed by atoms with Crippen LogP contribution in [-0.4, -0.2) is 11.7 Å². The summed E-state index contributed by atoms with van der Waals surface area (Å²) < 4.78 is 27.1. The highest BCUT2D eigenvalue weighted by atomic mass is 19.1. The third-order valence-electron chi connectivity index (χ3n) is 4.03. The number of rotatable bonds is 2. The fraction of sp³-hybridized carbons (Fsp3) is 0.158. The Morgan fingerprint density at radius 1 is 1.16 bits per heavy atom. The van der Waals surface area contributed by atoms with Crippen LogP contribution in [0.1, 0.15) is 24.8 Å². The molecule has 2 aromatic carbocycles. The smallest absolute Gasteiger partial charge is 0.226 e. The largest absolute Gasteiger partial charge is 0.402 e. The van der Waals surface area contributed by atoms with Crippen molar-refractivity contribution in [3.05, 3.63) is 77.0 Å². The molecule has 0 aromatic heterocycles. The number of allylic oxidation sites excluding steroid dienone is 1. The van der Waals surface area contributed by atoms with E-state index < -0.39 is 5.82 Å². The summed E-state index contributed by atoms with van der Waals surface area (Å²) in [7, 11) is 0. The molecule has 1 unspecified atom stereocenters. The summed E-state index contributed by atoms with van der Waals surface area (Å²) in [6, 6.07) is 11.9. The average molecular weight is 341 g/mol. The number of aliphatic imine (C=N–C) groups is 1. The Labute approximate surface area is 144 Å². The first-order valence-electron chi connectivity index (χ1n) is 7.81. The second-order valence-electron chi connectivity index (χ2n) is 5.86. The molecular formula is C19H17F2N3O. The number of amidine groups is 1. The van der Waals surface area contributed by atoms with Gasteiger partial charge in [0, 0.05) is 23.6 Å². The Morgan fingerprint density at radius 3 is 2.48 bits per heavy atom. The average Bonchev–Trinajstić information content (AvgIpc) is 2.57. The lowest BCUT2D eigenvalue weighted by Crippen LogP contribution is -2.41. The monoisotopic (exact) mass is 341 g/mol. The van der Waals surface area contributed by atoms with Crippen LogP contribution in [0.25, 0.3) is 0 Å². The van der Waals surface area contributed by atoms with Gasteiger partial charge in [-0.3, -0.25) is 4.79 Å². The van der Waals surface area contributed by atoms with E-state index in [-0.39, 0.29) is 35.6 Å². The molecule has 1 aliphatic heterocycles. The molecule has 2 aromatic rings. The van der Waals surface area contributed by atoms with Crippen molar-refractivity contribution < 1.29 is 13.6 Å². The Morgan fingerprint density at radius 2 is 1.84 bits per heavy atom. The van der Waals surface area contributed by atoms with E-state index in [2.05, 4.69) is 10.3 Å². The van der Waals surface area contributed by atoms with Gasteiger partial charge in [-0.1, -0.05) is 24.3 Å². The van der Waals surface area contributed by atoms with Gasteiger partial charge in [-0.05, 0) is 36.8 Å². The van der Waals surface area contributed by atoms with Gasteiger partial charge >= 0.3 is 0 Å². The van der Waals surface area contributed by atoms with Gasteiger partial charge in [0.25, 0.3) is 0 Å². The number of carbonyl (C=O) groups excluding carboxylic acids is 1. The minimum Gasteiger partial charge on any atom is -0.402 e. The summed E-state index contributed by atoms with van der Waals surface area (Å²) in [6.07, 6.45) is 0.159. The quantitative estimate of drug-likeness (QED) is 0.877. The SMILES string of the molecule is C/C(N)=C1/C(=Nc2ccccc2F)NC(=O)CC1c1ccc(F)cc1. The van der Waals surface area contributed by atoms with Crippen LogP contribution in [0.4, 0.5) is 14.5 Å². The molecule has 4 nitrogen and oxygen atoms in total. The molecule has 3 N–H and O–H groups in total. The molecule has 0 spiro atoms. The van der Waals surface area contributed by atoms with Crippen LogP contribution >= 0.6 is 0 Å². The van der Waals surface area contributed by atoms with E-state index in [0.29, 0.717) is 11.3 Å². The van der Waals surface area contributed by atoms with Crippen molar-refractivity contribution in [2.24, 2.45) is 10.7 Å². The third-order valence-corrected chi connectivity index (χ3v) is 4.03. The molecule has 25 heavy (non-hydrogen) atoms. The number of nitrogens with zero attached hydrogens (tertiary/aromatic N) is 1. The maximum atomic E-state index is 13.9. The highest BCUT2D eigenvalue weighted by Crippen LogP contribution is 2.33. The lowest BCUT2D eigenvalue weighted by molar-refractivity contribution is -0.120. The molecule has 128 valence electrons. The summed E-state index contributed by atoms with van der Waals surface area (Å²) in [6.45, 7) is 1.69. The lowest BCUT2D eigenvalue weighted by Gasteiger charge is -2.28. The number of nitrogens with two attached hydrogens (primary N) is 1. The van der Waals surface area contributed by atoms with E-state index >= 15 is 0 Å². The van der Waals surface area contributed by atoms with Gasteiger partial charge in [0.2, 0.25) is 5.91 Å². The third kappa shape index (κ3) is 3.57. The molecule has 0 radical (unpaired) electrons. The van der Waals surface area contributed by atoms with Crippen LogP contribution in [0, 0.1) is 11.6 Å². The zero-order chi connectivity index (χ0) is 18.0. The van der Waals surface area contributed by atoms with Crippen LogP contribution in [0.3, 0.4) is 0 Å². The Kier molecular flexibility index (Phi) is 4.61. The van der Waals surface area contributed by atoms with E-state index in [1.54, 1.807) is 31.2 Å². The molecular weight excluding hydrogens is 324 g/mol. The predicted octanol–water partition coefficient (Wildman–Crippen LogP) is 3.53. The first-order chi connectivity index (χ1) is 12.0. The summed E-state index contributed by atoms with van der Waals surface area (Å²) in [5.74, 6) is -1.27. The van der Waals surface area contributed by atoms with Gasteiger partial charge in [-0.2, -0.15) is 0 Å². The minimum atomic E-state index is -0.498. The van der Waals surface area contributed by atoms with E-state index in [0.717, 1.165) is 5.56 Å². The first-order valence-corrected chi connectivity index (χ1v) is 7.81. The van der Waals surface area contributed by atoms with Crippen molar-refractivity contribution in [3.8, 4) is 0 Å². The first kappa shape index (κ1) is 16.8. The molecule has 0 aliphatic carbocycles. The summed E-state index contributed by atoms with van der Waals surface area (Å²) >= 11 is 0. The molecule has 1 fully saturated rings. The van der Waals surface area contributed by atoms with Crippen LogP contribution < -0.4 is 11.1 Å². The van der Waals surface area contributed by atoms with E-state index in [1.807, 2.05) is 0 Å². The number of nitrogens with one attached hydrogen (secondary N) is 1. The number of amides is 1. The zero-order valence-corrected chi connectivity index (χ0v) is 13.6. The number of benzene rings is 2. The van der Waals surface area contributed by atoms with E-state index in [1.165, 1.54) is 24.3 Å². The minimum absolute atomic E-state index is 0.108. The van der Waals surface area contributed by atoms with Gasteiger partial charge in [0.1, 0.15) is 23.2 Å². The number of piperidine rings is 1. The van der Waals surface area contributed by atoms with Gasteiger partial charge in [0.15, 0.2) is 0 Å². The van der Waals surface area contributed by atoms with Crippen molar-refractivity contribution in [3.63, 3.8) is 0 Å². The standard InChI is InChI=1S/C19H17F2N3O/c1-11(22)18-14(12-6-8-13(20)9-7-12)10-17(25)24-19(18)23-16-5-3-2-4-15(16)21/h2-9,14H,10,22H2,1H3,(H,23,24,25)/b18-11-. The number of hydrogen-bond acceptors (Lipinski definition) is 3. The number of carbonyl (C=O) groups is 1. The van der Waals surface area contributed by atoms with Crippen LogP contribution in [0.15, 0.2) is 64.8 Å². The molecule has 1 amide bonds. The van der Waals surface area contributed by atoms with Crippen molar-refractivity contribution in [2.45, 2.75) is 19.3 Å². The van der Waals surface area contributed by atoms with Gasteiger partial charge in [0.05, 0.1) is 0 Å². The molecule has 1 heterocycles. The normalized spacial score (nSPS) is 21.2. The Hall–Kier alpha value is -3.02. The molecule has 0 bridgehead atoms. The van der Waals surface area contributed by atoms with Gasteiger partial charge in [-0.15, -0.1) is 0 Å². The highest BCUT2D eigenvalue weighted by molar-refractivity contribution is 6.13. The molecule has 3 rings (SSSR count). The van der Waals surface area contributed by atoms with Crippen LogP contribution in [-0.2, 0) is 4.79 Å². The van der Waals surface area contributed by atoms with Crippen molar-refractivity contribution >= 4 is 17.4 Å². The molecule has 6 heteroatoms. The maximum absolute atomic E-state index is 13.9. The molecule has 1 atom stereocenters. The van der Waals surface area contributed by atoms with Crippen molar-refractivity contribution in [1.82, 2.24) is 5.32 Å². The summed E-state index contributed by atoms with van der Waals surface area (Å²) in [5.41, 5.74) is 7.96. The number of halogens is 2. The van der Waals surface area contributed by atoms with E-state index in [4.69, 9.17) is 5.73 Å². The van der Waals surface area contributed by atoms with Gasteiger partial charge < -0.3 is 11.1 Å². The number of para-hydroxylation sites is 1. The maximum Gasteiger partial charge on any atom is 0.226 e. The fourth-order valence-electron chi connectivity index (χ4n) is 2.90. The summed E-state index contributed by atoms with van der Waals surface area (Å²) in [5, 5.41) is 2.67. The topological polar surface area (TPSA) is 67.5 Å². The van der Waals surface area contributed by atoms with Gasteiger partial charge in [-0.25, -0.2) is 13.8 Å². The highest BCUT2D eigenvalue weighted by Gasteiger charge is 2.31. The predicted molar refractivity (Wildman–Crippen MR) is 92.3 cm³/mol. The lowest BCUT2D eigenvalue weighted by atomic mass is 9.83. The molecule has 1 aliphatic rings. The van der Waals surface area contributed by atoms with Crippen molar-refractivity contribution in [1.29, 1.82) is 0 Å². The second kappa shape index (κ2) is 6.84. The van der Waals surface area contributed by atoms with Crippen molar-refractivity contribution in [2.75, 3.05) is 0 Å². The zero-order valence-electron chi connectivity index (χ0n) is 13.6. The summed E-state index contributed by atoms with van der Waals surface area (Å²) in [4.78, 5) is 16.4. The number of hydrogen-bond donors (Lipinski definition) is 2. The Balaban J connectivity index is 2.09. The molecule has 0 saturated carbocycles. The van der Waals surface area contributed by atoms with Crippen LogP contribution in [0.2, 0.25) is 0 Å².